The van der Waals surface area contributed by atoms with Gasteiger partial charge >= 0.3 is 12.1 Å². The Labute approximate surface area is 168 Å². The summed E-state index contributed by atoms with van der Waals surface area (Å²) in [5.74, 6) is -4.94. The van der Waals surface area contributed by atoms with Crippen molar-refractivity contribution in [1.82, 2.24) is 4.90 Å². The van der Waals surface area contributed by atoms with Crippen molar-refractivity contribution in [2.75, 3.05) is 13.6 Å². The molecule has 0 unspecified atom stereocenters. The molecular formula is C20H18F6N2O2. The van der Waals surface area contributed by atoms with E-state index in [-0.39, 0.29) is 5.56 Å². The maximum atomic E-state index is 13.7. The van der Waals surface area contributed by atoms with Crippen LogP contribution in [0.4, 0.5) is 32.0 Å². The van der Waals surface area contributed by atoms with E-state index in [2.05, 4.69) is 4.99 Å². The van der Waals surface area contributed by atoms with Crippen molar-refractivity contribution < 1.29 is 35.9 Å². The molecule has 0 saturated heterocycles. The predicted molar refractivity (Wildman–Crippen MR) is 98.1 cm³/mol. The van der Waals surface area contributed by atoms with E-state index in [1.54, 1.807) is 18.9 Å². The molecule has 10 heteroatoms. The number of halogens is 6. The third-order valence-electron chi connectivity index (χ3n) is 4.21. The van der Waals surface area contributed by atoms with Gasteiger partial charge < -0.3 is 9.64 Å². The van der Waals surface area contributed by atoms with Crippen molar-refractivity contribution in [3.8, 4) is 0 Å². The molecule has 0 fully saturated rings. The van der Waals surface area contributed by atoms with Crippen molar-refractivity contribution in [3.63, 3.8) is 0 Å². The molecule has 0 radical (unpaired) electrons. The molecule has 0 amide bonds. The van der Waals surface area contributed by atoms with Crippen LogP contribution in [0.15, 0.2) is 29.3 Å². The highest BCUT2D eigenvalue weighted by Gasteiger charge is 2.35. The number of hydrogen-bond donors (Lipinski definition) is 0. The Morgan fingerprint density at radius 1 is 1.13 bits per heavy atom. The lowest BCUT2D eigenvalue weighted by Crippen LogP contribution is -2.15. The fourth-order valence-corrected chi connectivity index (χ4v) is 2.41. The summed E-state index contributed by atoms with van der Waals surface area (Å²) in [6.45, 7) is 2.76. The zero-order valence-corrected chi connectivity index (χ0v) is 16.3. The van der Waals surface area contributed by atoms with Gasteiger partial charge in [-0.05, 0) is 31.5 Å². The molecule has 0 bridgehead atoms. The quantitative estimate of drug-likeness (QED) is 0.266. The Morgan fingerprint density at radius 3 is 2.27 bits per heavy atom. The molecule has 4 nitrogen and oxygen atoms in total. The molecule has 0 spiro atoms. The molecule has 0 heterocycles. The zero-order valence-electron chi connectivity index (χ0n) is 16.3. The number of ether oxygens (including phenoxy) is 1. The van der Waals surface area contributed by atoms with Crippen LogP contribution in [0.25, 0.3) is 0 Å². The van der Waals surface area contributed by atoms with E-state index in [0.717, 1.165) is 6.07 Å². The highest BCUT2D eigenvalue weighted by atomic mass is 19.4. The van der Waals surface area contributed by atoms with Crippen LogP contribution in [0.5, 0.6) is 0 Å². The standard InChI is InChI=1S/C20H18F6N2O2/c1-4-28(3)10-27-18-5-11(2)13(8-15(18)20(24,25)26)19(29)30-9-14-16(22)6-12(21)7-17(14)23/h5-8,10H,4,9H2,1-3H3/b27-10+. The van der Waals surface area contributed by atoms with Crippen LogP contribution in [-0.2, 0) is 17.5 Å². The highest BCUT2D eigenvalue weighted by molar-refractivity contribution is 5.92. The average molecular weight is 432 g/mol. The molecule has 2 aromatic rings. The monoisotopic (exact) mass is 432 g/mol. The lowest BCUT2D eigenvalue weighted by molar-refractivity contribution is -0.137. The van der Waals surface area contributed by atoms with Crippen molar-refractivity contribution in [2.24, 2.45) is 4.99 Å². The van der Waals surface area contributed by atoms with Crippen molar-refractivity contribution in [3.05, 3.63) is 64.0 Å². The van der Waals surface area contributed by atoms with E-state index >= 15 is 0 Å². The smallest absolute Gasteiger partial charge is 0.418 e. The number of alkyl halides is 3. The first-order valence-electron chi connectivity index (χ1n) is 8.70. The highest BCUT2D eigenvalue weighted by Crippen LogP contribution is 2.38. The molecule has 0 aliphatic heterocycles. The first kappa shape index (κ1) is 23.2. The van der Waals surface area contributed by atoms with Gasteiger partial charge in [-0.2, -0.15) is 13.2 Å². The molecule has 0 aliphatic rings. The lowest BCUT2D eigenvalue weighted by atomic mass is 10.0. The molecule has 2 aromatic carbocycles. The van der Waals surface area contributed by atoms with Crippen molar-refractivity contribution in [1.29, 1.82) is 0 Å². The maximum Gasteiger partial charge on any atom is 0.418 e. The molecule has 162 valence electrons. The van der Waals surface area contributed by atoms with E-state index in [1.807, 2.05) is 0 Å². The van der Waals surface area contributed by atoms with Crippen LogP contribution in [0.3, 0.4) is 0 Å². The number of rotatable bonds is 6. The second-order valence-electron chi connectivity index (χ2n) is 6.42. The van der Waals surface area contributed by atoms with Gasteiger partial charge in [0.05, 0.1) is 28.7 Å². The van der Waals surface area contributed by atoms with Crippen LogP contribution < -0.4 is 0 Å². The van der Waals surface area contributed by atoms with Gasteiger partial charge in [0.25, 0.3) is 0 Å². The number of nitrogens with zero attached hydrogens (tertiary/aromatic N) is 2. The fourth-order valence-electron chi connectivity index (χ4n) is 2.41. The third-order valence-corrected chi connectivity index (χ3v) is 4.21. The van der Waals surface area contributed by atoms with Gasteiger partial charge in [-0.3, -0.25) is 0 Å². The fraction of sp³-hybridized carbons (Fsp3) is 0.300. The van der Waals surface area contributed by atoms with E-state index in [0.29, 0.717) is 24.7 Å². The Hall–Kier alpha value is -3.04. The number of aliphatic imine (C=N–C) groups is 1. The average Bonchev–Trinajstić information content (AvgIpc) is 2.63. The molecule has 0 aliphatic carbocycles. The largest absolute Gasteiger partial charge is 0.457 e. The minimum atomic E-state index is -4.81. The Kier molecular flexibility index (Phi) is 7.12. The molecular weight excluding hydrogens is 414 g/mol. The van der Waals surface area contributed by atoms with Gasteiger partial charge in [0.15, 0.2) is 0 Å². The predicted octanol–water partition coefficient (Wildman–Crippen LogP) is 5.40. The normalized spacial score (nSPS) is 11.8. The molecule has 0 saturated carbocycles. The van der Waals surface area contributed by atoms with E-state index < -0.39 is 58.6 Å². The summed E-state index contributed by atoms with van der Waals surface area (Å²) in [6.07, 6.45) is -3.59. The third kappa shape index (κ3) is 5.52. The Morgan fingerprint density at radius 2 is 1.73 bits per heavy atom. The van der Waals surface area contributed by atoms with Gasteiger partial charge in [0.1, 0.15) is 24.1 Å². The maximum absolute atomic E-state index is 13.7. The summed E-state index contributed by atoms with van der Waals surface area (Å²) < 4.78 is 85.4. The summed E-state index contributed by atoms with van der Waals surface area (Å²) in [6, 6.07) is 2.45. The molecule has 0 atom stereocenters. The van der Waals surface area contributed by atoms with Crippen molar-refractivity contribution in [2.45, 2.75) is 26.6 Å². The summed E-state index contributed by atoms with van der Waals surface area (Å²) >= 11 is 0. The number of aryl methyl sites for hydroxylation is 1. The van der Waals surface area contributed by atoms with E-state index in [1.165, 1.54) is 13.3 Å². The summed E-state index contributed by atoms with van der Waals surface area (Å²) in [7, 11) is 1.63. The Balaban J connectivity index is 2.35. The van der Waals surface area contributed by atoms with Gasteiger partial charge in [-0.25, -0.2) is 23.0 Å². The van der Waals surface area contributed by atoms with Crippen LogP contribution in [0.1, 0.15) is 34.0 Å². The van der Waals surface area contributed by atoms with Gasteiger partial charge in [0, 0.05) is 25.7 Å². The molecule has 2 rings (SSSR count). The van der Waals surface area contributed by atoms with Crippen LogP contribution in [0, 0.1) is 24.4 Å². The minimum absolute atomic E-state index is 0.124. The number of benzene rings is 2. The first-order chi connectivity index (χ1) is 13.9. The molecule has 30 heavy (non-hydrogen) atoms. The summed E-state index contributed by atoms with van der Waals surface area (Å²) in [5.41, 5.74) is -2.60. The number of esters is 1. The minimum Gasteiger partial charge on any atom is -0.457 e. The SMILES string of the molecule is CCN(C)/C=N/c1cc(C)c(C(=O)OCc2c(F)cc(F)cc2F)cc1C(F)(F)F. The topological polar surface area (TPSA) is 41.9 Å². The first-order valence-corrected chi connectivity index (χ1v) is 8.70. The van der Waals surface area contributed by atoms with Gasteiger partial charge in [0.2, 0.25) is 0 Å². The number of hydrogen-bond acceptors (Lipinski definition) is 3. The second kappa shape index (κ2) is 9.19. The molecule has 0 N–H and O–H groups in total. The van der Waals surface area contributed by atoms with Crippen LogP contribution >= 0.6 is 0 Å². The number of carbonyl (C=O) groups is 1. The molecule has 0 aromatic heterocycles. The van der Waals surface area contributed by atoms with Crippen LogP contribution in [-0.4, -0.2) is 30.8 Å². The van der Waals surface area contributed by atoms with Gasteiger partial charge in [-0.15, -0.1) is 0 Å². The lowest BCUT2D eigenvalue weighted by Gasteiger charge is -2.15. The van der Waals surface area contributed by atoms with E-state index in [9.17, 15) is 31.1 Å². The van der Waals surface area contributed by atoms with Crippen molar-refractivity contribution >= 4 is 18.0 Å². The van der Waals surface area contributed by atoms with E-state index in [4.69, 9.17) is 4.74 Å². The number of carbonyl (C=O) groups excluding carboxylic acids is 1. The van der Waals surface area contributed by atoms with Gasteiger partial charge in [-0.1, -0.05) is 0 Å². The van der Waals surface area contributed by atoms with Crippen LogP contribution in [0.2, 0.25) is 0 Å². The Bertz CT molecular complexity index is 949. The summed E-state index contributed by atoms with van der Waals surface area (Å²) in [5, 5.41) is 0. The zero-order chi connectivity index (χ0) is 22.6. The second-order valence-corrected chi connectivity index (χ2v) is 6.42. The summed E-state index contributed by atoms with van der Waals surface area (Å²) in [4.78, 5) is 17.7.